The number of thiazole rings is 1. The van der Waals surface area contributed by atoms with Gasteiger partial charge in [0.2, 0.25) is 0 Å². The zero-order valence-corrected chi connectivity index (χ0v) is 20.9. The fourth-order valence-electron chi connectivity index (χ4n) is 4.52. The molecule has 0 unspecified atom stereocenters. The van der Waals surface area contributed by atoms with Crippen molar-refractivity contribution in [2.24, 2.45) is 0 Å². The first kappa shape index (κ1) is 22.8. The molecule has 32 heavy (non-hydrogen) atoms. The number of hydrogen-bond donors (Lipinski definition) is 0. The molecule has 0 saturated carbocycles. The maximum absolute atomic E-state index is 13.6. The largest absolute Gasteiger partial charge is 0.496 e. The van der Waals surface area contributed by atoms with E-state index in [0.29, 0.717) is 30.8 Å². The lowest BCUT2D eigenvalue weighted by Crippen LogP contribution is -2.39. The molecule has 170 valence electrons. The second-order valence-electron chi connectivity index (χ2n) is 8.54. The van der Waals surface area contributed by atoms with Gasteiger partial charge in [-0.05, 0) is 74.9 Å². The maximum Gasteiger partial charge on any atom is 0.185 e. The Labute approximate surface area is 195 Å². The minimum atomic E-state index is -3.38. The van der Waals surface area contributed by atoms with Crippen molar-refractivity contribution in [3.63, 3.8) is 0 Å². The number of rotatable bonds is 5. The van der Waals surface area contributed by atoms with Crippen LogP contribution in [0.4, 0.5) is 5.13 Å². The molecule has 0 aliphatic carbocycles. The van der Waals surface area contributed by atoms with E-state index in [1.54, 1.807) is 18.4 Å². The molecule has 1 aromatic heterocycles. The van der Waals surface area contributed by atoms with Gasteiger partial charge in [0.25, 0.3) is 0 Å². The number of aryl methyl sites for hydroxylation is 2. The van der Waals surface area contributed by atoms with Gasteiger partial charge >= 0.3 is 0 Å². The van der Waals surface area contributed by atoms with Crippen LogP contribution in [-0.4, -0.2) is 38.9 Å². The third-order valence-electron chi connectivity index (χ3n) is 6.61. The number of anilines is 1. The summed E-state index contributed by atoms with van der Waals surface area (Å²) in [5.74, 6) is 0.799. The van der Waals surface area contributed by atoms with Crippen molar-refractivity contribution in [2.75, 3.05) is 25.1 Å². The molecule has 4 rings (SSSR count). The van der Waals surface area contributed by atoms with Crippen molar-refractivity contribution in [2.45, 2.75) is 50.7 Å². The maximum atomic E-state index is 13.6. The van der Waals surface area contributed by atoms with Crippen LogP contribution in [0, 0.1) is 27.7 Å². The molecule has 1 saturated heterocycles. The van der Waals surface area contributed by atoms with Gasteiger partial charge in [-0.15, -0.1) is 11.3 Å². The fraction of sp³-hybridized carbons (Fsp3) is 0.400. The molecule has 0 amide bonds. The minimum absolute atomic E-state index is 0.356. The summed E-state index contributed by atoms with van der Waals surface area (Å²) in [6, 6.07) is 9.94. The topological polar surface area (TPSA) is 59.5 Å². The highest BCUT2D eigenvalue weighted by atomic mass is 32.2. The van der Waals surface area contributed by atoms with Crippen molar-refractivity contribution in [1.29, 1.82) is 0 Å². The smallest absolute Gasteiger partial charge is 0.185 e. The second kappa shape index (κ2) is 8.87. The molecule has 1 aliphatic heterocycles. The van der Waals surface area contributed by atoms with Crippen molar-refractivity contribution in [3.8, 4) is 17.0 Å². The van der Waals surface area contributed by atoms with Crippen LogP contribution < -0.4 is 9.64 Å². The van der Waals surface area contributed by atoms with Crippen LogP contribution in [0.3, 0.4) is 0 Å². The molecule has 0 spiro atoms. The van der Waals surface area contributed by atoms with Crippen LogP contribution in [-0.2, 0) is 9.84 Å². The summed E-state index contributed by atoms with van der Waals surface area (Å²) < 4.78 is 32.6. The number of nitrogens with zero attached hydrogens (tertiary/aromatic N) is 2. The van der Waals surface area contributed by atoms with E-state index in [0.717, 1.165) is 44.4 Å². The van der Waals surface area contributed by atoms with Gasteiger partial charge in [-0.2, -0.15) is 0 Å². The van der Waals surface area contributed by atoms with E-state index in [2.05, 4.69) is 11.0 Å². The van der Waals surface area contributed by atoms with Gasteiger partial charge in [-0.1, -0.05) is 18.2 Å². The van der Waals surface area contributed by atoms with Crippen LogP contribution in [0.1, 0.15) is 35.1 Å². The molecule has 0 atom stereocenters. The van der Waals surface area contributed by atoms with Crippen LogP contribution in [0.2, 0.25) is 0 Å². The number of aromatic nitrogens is 1. The van der Waals surface area contributed by atoms with E-state index >= 15 is 0 Å². The number of benzene rings is 2. The molecule has 2 heterocycles. The summed E-state index contributed by atoms with van der Waals surface area (Å²) in [4.78, 5) is 7.57. The van der Waals surface area contributed by atoms with Gasteiger partial charge in [0.05, 0.1) is 22.9 Å². The Morgan fingerprint density at radius 2 is 1.66 bits per heavy atom. The third-order valence-corrected chi connectivity index (χ3v) is 10.0. The molecular formula is C25H30N2O3S2. The minimum Gasteiger partial charge on any atom is -0.496 e. The Bertz CT molecular complexity index is 1210. The van der Waals surface area contributed by atoms with Gasteiger partial charge in [-0.3, -0.25) is 0 Å². The molecule has 0 bridgehead atoms. The highest BCUT2D eigenvalue weighted by Crippen LogP contribution is 2.36. The van der Waals surface area contributed by atoms with E-state index < -0.39 is 9.84 Å². The summed E-state index contributed by atoms with van der Waals surface area (Å²) >= 11 is 1.59. The Hall–Kier alpha value is -2.38. The van der Waals surface area contributed by atoms with Crippen molar-refractivity contribution in [1.82, 2.24) is 4.98 Å². The first-order valence-electron chi connectivity index (χ1n) is 10.9. The SMILES string of the molecule is COc1ccccc1-c1csc(N2CCC(S(=O)(=O)c3c(C)c(C)cc(C)c3C)CC2)n1. The average molecular weight is 471 g/mol. The molecule has 2 aromatic carbocycles. The molecule has 3 aromatic rings. The van der Waals surface area contributed by atoms with E-state index in [-0.39, 0.29) is 5.25 Å². The predicted octanol–water partition coefficient (Wildman–Crippen LogP) is 5.50. The zero-order chi connectivity index (χ0) is 23.0. The number of ether oxygens (including phenoxy) is 1. The molecule has 1 aliphatic rings. The quantitative estimate of drug-likeness (QED) is 0.493. The highest BCUT2D eigenvalue weighted by molar-refractivity contribution is 7.92. The van der Waals surface area contributed by atoms with Gasteiger partial charge in [0.1, 0.15) is 5.75 Å². The van der Waals surface area contributed by atoms with Crippen molar-refractivity contribution in [3.05, 3.63) is 58.0 Å². The number of sulfone groups is 1. The molecule has 7 heteroatoms. The Morgan fingerprint density at radius 3 is 2.28 bits per heavy atom. The Balaban J connectivity index is 1.53. The first-order chi connectivity index (χ1) is 15.2. The fourth-order valence-corrected chi connectivity index (χ4v) is 7.74. The average Bonchev–Trinajstić information content (AvgIpc) is 3.28. The highest BCUT2D eigenvalue weighted by Gasteiger charge is 2.34. The lowest BCUT2D eigenvalue weighted by atomic mass is 10.0. The Kier molecular flexibility index (Phi) is 6.32. The van der Waals surface area contributed by atoms with E-state index in [9.17, 15) is 8.42 Å². The van der Waals surface area contributed by atoms with E-state index in [4.69, 9.17) is 9.72 Å². The summed E-state index contributed by atoms with van der Waals surface area (Å²) in [6.45, 7) is 9.21. The Morgan fingerprint density at radius 1 is 1.03 bits per heavy atom. The van der Waals surface area contributed by atoms with Crippen LogP contribution in [0.15, 0.2) is 40.6 Å². The third kappa shape index (κ3) is 4.04. The molecule has 5 nitrogen and oxygen atoms in total. The van der Waals surface area contributed by atoms with Crippen LogP contribution in [0.25, 0.3) is 11.3 Å². The lowest BCUT2D eigenvalue weighted by molar-refractivity contribution is 0.416. The summed E-state index contributed by atoms with van der Waals surface area (Å²) in [5.41, 5.74) is 5.70. The van der Waals surface area contributed by atoms with E-state index in [1.165, 1.54) is 0 Å². The summed E-state index contributed by atoms with van der Waals surface area (Å²) in [5, 5.41) is 2.62. The molecule has 1 fully saturated rings. The summed E-state index contributed by atoms with van der Waals surface area (Å²) in [6.07, 6.45) is 1.22. The van der Waals surface area contributed by atoms with Crippen LogP contribution in [0.5, 0.6) is 5.75 Å². The van der Waals surface area contributed by atoms with Gasteiger partial charge in [-0.25, -0.2) is 13.4 Å². The van der Waals surface area contributed by atoms with Gasteiger partial charge in [0.15, 0.2) is 15.0 Å². The van der Waals surface area contributed by atoms with E-state index in [1.807, 2.05) is 57.3 Å². The van der Waals surface area contributed by atoms with Gasteiger partial charge in [0, 0.05) is 24.0 Å². The first-order valence-corrected chi connectivity index (χ1v) is 13.3. The molecule has 0 radical (unpaired) electrons. The zero-order valence-electron chi connectivity index (χ0n) is 19.3. The second-order valence-corrected chi connectivity index (χ2v) is 11.5. The normalized spacial score (nSPS) is 15.2. The molecule has 0 N–H and O–H groups in total. The number of hydrogen-bond acceptors (Lipinski definition) is 6. The standard InChI is InChI=1S/C25H30N2O3S2/c1-16-14-17(2)19(4)24(18(16)3)32(28,29)20-10-12-27(13-11-20)25-26-22(15-31-25)21-8-6-7-9-23(21)30-5/h6-9,14-15,20H,10-13H2,1-5H3. The lowest BCUT2D eigenvalue weighted by Gasteiger charge is -2.32. The van der Waals surface area contributed by atoms with Gasteiger partial charge < -0.3 is 9.64 Å². The monoisotopic (exact) mass is 470 g/mol. The predicted molar refractivity (Wildman–Crippen MR) is 132 cm³/mol. The summed E-state index contributed by atoms with van der Waals surface area (Å²) in [7, 11) is -1.72. The van der Waals surface area contributed by atoms with Crippen molar-refractivity contribution < 1.29 is 13.2 Å². The number of piperidine rings is 1. The number of para-hydroxylation sites is 1. The van der Waals surface area contributed by atoms with Crippen molar-refractivity contribution >= 4 is 26.3 Å². The van der Waals surface area contributed by atoms with Crippen LogP contribution >= 0.6 is 11.3 Å². The molecular weight excluding hydrogens is 440 g/mol. The number of methoxy groups -OCH3 is 1.